The minimum Gasteiger partial charge on any atom is -0.452 e. The first-order valence-corrected chi connectivity index (χ1v) is 18.6. The molecule has 17 heteroatoms. The molecule has 0 atom stereocenters. The monoisotopic (exact) mass is 663 g/mol. The Morgan fingerprint density at radius 1 is 1.11 bits per heavy atom. The van der Waals surface area contributed by atoms with Crippen LogP contribution in [0.3, 0.4) is 0 Å². The number of aryl methyl sites for hydroxylation is 1. The summed E-state index contributed by atoms with van der Waals surface area (Å²) >= 11 is 6.74. The smallest absolute Gasteiger partial charge is 0.433 e. The van der Waals surface area contributed by atoms with E-state index in [-0.39, 0.29) is 28.2 Å². The molecular weight excluding hydrogens is 631 g/mol. The van der Waals surface area contributed by atoms with E-state index < -0.39 is 26.0 Å². The third kappa shape index (κ3) is 6.78. The maximum absolute atomic E-state index is 13.9. The minimum absolute atomic E-state index is 0.00111. The number of hydrogen-bond donors (Lipinski definition) is 1. The fourth-order valence-electron chi connectivity index (χ4n) is 5.04. The Bertz CT molecular complexity index is 1830. The summed E-state index contributed by atoms with van der Waals surface area (Å²) in [6, 6.07) is 3.41. The fraction of sp³-hybridized carbons (Fsp3) is 0.464. The van der Waals surface area contributed by atoms with Gasteiger partial charge in [-0.3, -0.25) is 4.68 Å². The lowest BCUT2D eigenvalue weighted by atomic mass is 10.1. The van der Waals surface area contributed by atoms with Gasteiger partial charge in [0.05, 0.1) is 24.6 Å². The Morgan fingerprint density at radius 3 is 2.62 bits per heavy atom. The third-order valence-corrected chi connectivity index (χ3v) is 9.57. The number of fused-ring (bicyclic) bond motifs is 2. The second-order valence-electron chi connectivity index (χ2n) is 12.1. The molecule has 1 saturated heterocycles. The zero-order valence-electron chi connectivity index (χ0n) is 25.2. The maximum Gasteiger partial charge on any atom is 0.433 e. The van der Waals surface area contributed by atoms with Gasteiger partial charge in [-0.05, 0) is 25.0 Å². The molecule has 1 N–H and O–H groups in total. The molecule has 0 saturated carbocycles. The molecule has 6 heterocycles. The zero-order valence-corrected chi connectivity index (χ0v) is 27.0. The average Bonchev–Trinajstić information content (AvgIpc) is 3.68. The molecule has 0 radical (unpaired) electrons. The molecule has 5 aromatic heterocycles. The van der Waals surface area contributed by atoms with E-state index in [1.165, 1.54) is 6.20 Å². The molecule has 12 nitrogen and oxygen atoms in total. The van der Waals surface area contributed by atoms with Crippen LogP contribution in [0.2, 0.25) is 30.7 Å². The highest BCUT2D eigenvalue weighted by Gasteiger charge is 2.38. The van der Waals surface area contributed by atoms with Crippen LogP contribution in [-0.4, -0.2) is 67.0 Å². The zero-order chi connectivity index (χ0) is 31.9. The number of aromatic nitrogens is 8. The molecule has 1 aliphatic rings. The SMILES string of the molecule is Cn1c(Nc2cc(C(F)(F)F)n(C3CCOCC3)n2)nc2ncc(Oc3cnc4c(cnn4COCC[Si](C)(C)C)c3)c(Cl)c21. The van der Waals surface area contributed by atoms with Crippen LogP contribution in [-0.2, 0) is 29.4 Å². The lowest BCUT2D eigenvalue weighted by molar-refractivity contribution is -0.145. The molecular formula is C28H33ClF3N9O3Si. The van der Waals surface area contributed by atoms with Crippen LogP contribution in [0, 0.1) is 0 Å². The van der Waals surface area contributed by atoms with Gasteiger partial charge in [-0.2, -0.15) is 28.4 Å². The Kier molecular flexibility index (Phi) is 8.49. The molecule has 240 valence electrons. The first-order valence-electron chi connectivity index (χ1n) is 14.5. The highest BCUT2D eigenvalue weighted by molar-refractivity contribution is 6.76. The standard InChI is InChI=1S/C28H33ClF3N9O3Si/c1-39-24-23(29)20(44-19-11-17-13-35-40(26(17)34-14-19)16-43-9-10-45(2,3)4)15-33-25(24)37-27(39)36-22-12-21(28(30,31)32)41(38-22)18-5-7-42-8-6-18/h11-15,18H,5-10,16H2,1-4H3,(H,33,36,37,38). The summed E-state index contributed by atoms with van der Waals surface area (Å²) in [5, 5.41) is 12.5. The van der Waals surface area contributed by atoms with Gasteiger partial charge in [-0.1, -0.05) is 31.2 Å². The number of pyridine rings is 2. The van der Waals surface area contributed by atoms with E-state index in [1.807, 2.05) is 0 Å². The molecule has 0 aromatic carbocycles. The normalized spacial score (nSPS) is 14.9. The third-order valence-electron chi connectivity index (χ3n) is 7.50. The topological polar surface area (TPSA) is 119 Å². The van der Waals surface area contributed by atoms with Gasteiger partial charge in [0.25, 0.3) is 0 Å². The fourth-order valence-corrected chi connectivity index (χ4v) is 6.10. The van der Waals surface area contributed by atoms with Crippen LogP contribution >= 0.6 is 11.6 Å². The van der Waals surface area contributed by atoms with E-state index in [4.69, 9.17) is 25.8 Å². The summed E-state index contributed by atoms with van der Waals surface area (Å²) in [6.07, 6.45) is 0.988. The first kappa shape index (κ1) is 31.3. The number of halogens is 4. The van der Waals surface area contributed by atoms with Crippen molar-refractivity contribution in [3.05, 3.63) is 41.4 Å². The second-order valence-corrected chi connectivity index (χ2v) is 18.1. The number of anilines is 2. The van der Waals surface area contributed by atoms with E-state index in [0.717, 1.165) is 22.2 Å². The number of rotatable bonds is 10. The van der Waals surface area contributed by atoms with Crippen molar-refractivity contribution in [3.8, 4) is 11.5 Å². The maximum atomic E-state index is 13.9. The van der Waals surface area contributed by atoms with Gasteiger partial charge in [0.2, 0.25) is 5.95 Å². The minimum atomic E-state index is -4.58. The van der Waals surface area contributed by atoms with Crippen LogP contribution < -0.4 is 10.1 Å². The predicted molar refractivity (Wildman–Crippen MR) is 165 cm³/mol. The molecule has 0 unspecified atom stereocenters. The van der Waals surface area contributed by atoms with Crippen molar-refractivity contribution >= 4 is 53.6 Å². The van der Waals surface area contributed by atoms with Gasteiger partial charge in [0, 0.05) is 46.4 Å². The van der Waals surface area contributed by atoms with Crippen LogP contribution in [0.1, 0.15) is 24.6 Å². The van der Waals surface area contributed by atoms with E-state index in [1.54, 1.807) is 34.8 Å². The van der Waals surface area contributed by atoms with Gasteiger partial charge in [-0.25, -0.2) is 14.6 Å². The van der Waals surface area contributed by atoms with Crippen molar-refractivity contribution in [1.82, 2.24) is 39.1 Å². The van der Waals surface area contributed by atoms with E-state index >= 15 is 0 Å². The van der Waals surface area contributed by atoms with Gasteiger partial charge in [-0.15, -0.1) is 0 Å². The Morgan fingerprint density at radius 2 is 1.89 bits per heavy atom. The van der Waals surface area contributed by atoms with Crippen molar-refractivity contribution in [1.29, 1.82) is 0 Å². The summed E-state index contributed by atoms with van der Waals surface area (Å²) in [7, 11) is 0.480. The van der Waals surface area contributed by atoms with Gasteiger partial charge in [0.15, 0.2) is 22.9 Å². The summed E-state index contributed by atoms with van der Waals surface area (Å²) in [4.78, 5) is 13.3. The molecule has 1 aliphatic heterocycles. The molecule has 0 spiro atoms. The largest absolute Gasteiger partial charge is 0.452 e. The molecule has 6 rings (SSSR count). The van der Waals surface area contributed by atoms with Crippen molar-refractivity contribution in [2.24, 2.45) is 7.05 Å². The average molecular weight is 664 g/mol. The number of ether oxygens (including phenoxy) is 3. The highest BCUT2D eigenvalue weighted by atomic mass is 35.5. The van der Waals surface area contributed by atoms with Crippen LogP contribution in [0.4, 0.5) is 24.9 Å². The molecule has 5 aromatic rings. The van der Waals surface area contributed by atoms with Crippen LogP contribution in [0.15, 0.2) is 30.7 Å². The van der Waals surface area contributed by atoms with E-state index in [9.17, 15) is 13.2 Å². The van der Waals surface area contributed by atoms with Crippen molar-refractivity contribution < 1.29 is 27.4 Å². The number of alkyl halides is 3. The Hall–Kier alpha value is -3.73. The van der Waals surface area contributed by atoms with Gasteiger partial charge >= 0.3 is 6.18 Å². The van der Waals surface area contributed by atoms with Crippen LogP contribution in [0.25, 0.3) is 22.2 Å². The summed E-state index contributed by atoms with van der Waals surface area (Å²) in [5.74, 6) is 0.888. The molecule has 45 heavy (non-hydrogen) atoms. The molecule has 0 bridgehead atoms. The summed E-state index contributed by atoms with van der Waals surface area (Å²) in [5.41, 5.74) is 0.522. The molecule has 0 aliphatic carbocycles. The van der Waals surface area contributed by atoms with E-state index in [2.05, 4.69) is 50.1 Å². The predicted octanol–water partition coefficient (Wildman–Crippen LogP) is 6.78. The van der Waals surface area contributed by atoms with Crippen LogP contribution in [0.5, 0.6) is 11.5 Å². The van der Waals surface area contributed by atoms with Gasteiger partial charge in [0.1, 0.15) is 28.7 Å². The Balaban J connectivity index is 1.20. The summed E-state index contributed by atoms with van der Waals surface area (Å²) < 4.78 is 63.1. The number of nitrogens with zero attached hydrogens (tertiary/aromatic N) is 8. The lowest BCUT2D eigenvalue weighted by Gasteiger charge is -2.24. The first-order chi connectivity index (χ1) is 21.4. The van der Waals surface area contributed by atoms with Crippen molar-refractivity contribution in [3.63, 3.8) is 0 Å². The van der Waals surface area contributed by atoms with E-state index in [0.29, 0.717) is 56.3 Å². The van der Waals surface area contributed by atoms with Gasteiger partial charge < -0.3 is 24.1 Å². The molecule has 0 amide bonds. The van der Waals surface area contributed by atoms with Crippen molar-refractivity contribution in [2.75, 3.05) is 25.1 Å². The Labute approximate surface area is 262 Å². The second kappa shape index (κ2) is 12.2. The number of imidazole rings is 1. The van der Waals surface area contributed by atoms with Crippen molar-refractivity contribution in [2.45, 2.75) is 57.5 Å². The lowest BCUT2D eigenvalue weighted by Crippen LogP contribution is -2.25. The quantitative estimate of drug-likeness (QED) is 0.127. The summed E-state index contributed by atoms with van der Waals surface area (Å²) in [6.45, 7) is 8.63. The number of hydrogen-bond acceptors (Lipinski definition) is 9. The molecule has 1 fully saturated rings. The highest BCUT2D eigenvalue weighted by Crippen LogP contribution is 2.38. The number of nitrogens with one attached hydrogen (secondary N) is 1.